The van der Waals surface area contributed by atoms with Crippen LogP contribution in [0.4, 0.5) is 0 Å². The molecule has 0 aliphatic rings. The molecule has 0 radical (unpaired) electrons. The van der Waals surface area contributed by atoms with Crippen molar-refractivity contribution in [2.24, 2.45) is 0 Å². The van der Waals surface area contributed by atoms with Crippen molar-refractivity contribution in [1.29, 1.82) is 0 Å². The molecular weight excluding hydrogens is 168 g/mol. The van der Waals surface area contributed by atoms with Crippen LogP contribution in [0.2, 0.25) is 0 Å². The highest BCUT2D eigenvalue weighted by Crippen LogP contribution is 2.17. The summed E-state index contributed by atoms with van der Waals surface area (Å²) < 4.78 is 0. The van der Waals surface area contributed by atoms with E-state index in [0.717, 1.165) is 0 Å². The first-order valence-electron chi connectivity index (χ1n) is 5.50. The fourth-order valence-corrected chi connectivity index (χ4v) is 1.76. The van der Waals surface area contributed by atoms with Gasteiger partial charge in [0, 0.05) is 0 Å². The topological polar surface area (TPSA) is 0 Å². The Morgan fingerprint density at radius 2 is 2.07 bits per heavy atom. The third-order valence-corrected chi connectivity index (χ3v) is 2.76. The molecule has 0 aromatic heterocycles. The van der Waals surface area contributed by atoms with Crippen LogP contribution < -0.4 is 0 Å². The summed E-state index contributed by atoms with van der Waals surface area (Å²) in [6, 6.07) is 6.49. The van der Waals surface area contributed by atoms with E-state index in [2.05, 4.69) is 38.6 Å². The first kappa shape index (κ1) is 11.0. The molecule has 0 heterocycles. The van der Waals surface area contributed by atoms with Crippen molar-refractivity contribution in [3.63, 3.8) is 0 Å². The lowest BCUT2D eigenvalue weighted by Gasteiger charge is -2.08. The summed E-state index contributed by atoms with van der Waals surface area (Å²) in [5.41, 5.74) is 4.16. The molecule has 1 aromatic carbocycles. The Labute approximate surface area is 87.7 Å². The standard InChI is InChI=1S/C14H20/c1-4-6-7-9-14-11-8-10-13(5-2)12(14)3/h5,8,10-11H,2,4,6-7,9H2,1,3H3. The predicted molar refractivity (Wildman–Crippen MR) is 64.5 cm³/mol. The number of aryl methyl sites for hydroxylation is 1. The summed E-state index contributed by atoms with van der Waals surface area (Å²) in [6.07, 6.45) is 7.08. The van der Waals surface area contributed by atoms with Gasteiger partial charge in [0.15, 0.2) is 0 Å². The van der Waals surface area contributed by atoms with Gasteiger partial charge >= 0.3 is 0 Å². The molecule has 0 N–H and O–H groups in total. The predicted octanol–water partition coefficient (Wildman–Crippen LogP) is 4.37. The summed E-state index contributed by atoms with van der Waals surface area (Å²) in [5.74, 6) is 0. The molecule has 0 bridgehead atoms. The Morgan fingerprint density at radius 1 is 1.29 bits per heavy atom. The molecule has 0 fully saturated rings. The van der Waals surface area contributed by atoms with Gasteiger partial charge in [0.1, 0.15) is 0 Å². The normalized spacial score (nSPS) is 10.1. The van der Waals surface area contributed by atoms with Gasteiger partial charge in [-0.3, -0.25) is 0 Å². The molecule has 0 aliphatic heterocycles. The van der Waals surface area contributed by atoms with E-state index in [1.165, 1.54) is 42.4 Å². The van der Waals surface area contributed by atoms with Crippen molar-refractivity contribution < 1.29 is 0 Å². The third-order valence-electron chi connectivity index (χ3n) is 2.76. The minimum Gasteiger partial charge on any atom is -0.0985 e. The summed E-state index contributed by atoms with van der Waals surface area (Å²) in [5, 5.41) is 0. The van der Waals surface area contributed by atoms with Gasteiger partial charge in [-0.05, 0) is 36.5 Å². The number of hydrogen-bond acceptors (Lipinski definition) is 0. The van der Waals surface area contributed by atoms with Crippen LogP contribution in [0, 0.1) is 6.92 Å². The fourth-order valence-electron chi connectivity index (χ4n) is 1.76. The maximum atomic E-state index is 3.83. The summed E-state index contributed by atoms with van der Waals surface area (Å²) in [4.78, 5) is 0. The molecule has 0 spiro atoms. The molecule has 76 valence electrons. The maximum Gasteiger partial charge on any atom is -0.0230 e. The molecule has 0 unspecified atom stereocenters. The largest absolute Gasteiger partial charge is 0.0985 e. The highest BCUT2D eigenvalue weighted by molar-refractivity contribution is 5.53. The van der Waals surface area contributed by atoms with E-state index in [-0.39, 0.29) is 0 Å². The Balaban J connectivity index is 2.71. The molecule has 0 amide bonds. The smallest absolute Gasteiger partial charge is 0.0230 e. The number of rotatable bonds is 5. The van der Waals surface area contributed by atoms with Crippen LogP contribution in [0.1, 0.15) is 42.9 Å². The van der Waals surface area contributed by atoms with E-state index < -0.39 is 0 Å². The second-order valence-corrected chi connectivity index (χ2v) is 3.79. The molecule has 14 heavy (non-hydrogen) atoms. The van der Waals surface area contributed by atoms with E-state index >= 15 is 0 Å². The number of benzene rings is 1. The second kappa shape index (κ2) is 5.64. The second-order valence-electron chi connectivity index (χ2n) is 3.79. The third kappa shape index (κ3) is 2.73. The van der Waals surface area contributed by atoms with Crippen LogP contribution in [0.5, 0.6) is 0 Å². The Bertz CT molecular complexity index is 297. The molecule has 0 aliphatic carbocycles. The van der Waals surface area contributed by atoms with Crippen molar-refractivity contribution in [2.75, 3.05) is 0 Å². The quantitative estimate of drug-likeness (QED) is 0.602. The van der Waals surface area contributed by atoms with Crippen LogP contribution in [0.3, 0.4) is 0 Å². The minimum absolute atomic E-state index is 1.21. The van der Waals surface area contributed by atoms with E-state index in [1.54, 1.807) is 0 Å². The SMILES string of the molecule is C=Cc1cccc(CCCCC)c1C. The molecule has 0 nitrogen and oxygen atoms in total. The first-order chi connectivity index (χ1) is 6.79. The zero-order valence-corrected chi connectivity index (χ0v) is 9.34. The summed E-state index contributed by atoms with van der Waals surface area (Å²) in [6.45, 7) is 8.27. The van der Waals surface area contributed by atoms with Crippen molar-refractivity contribution in [3.8, 4) is 0 Å². The monoisotopic (exact) mass is 188 g/mol. The van der Waals surface area contributed by atoms with Gasteiger partial charge in [0.05, 0.1) is 0 Å². The molecule has 0 heteroatoms. The molecule has 0 atom stereocenters. The lowest BCUT2D eigenvalue weighted by atomic mass is 9.98. The van der Waals surface area contributed by atoms with Crippen LogP contribution in [0.25, 0.3) is 6.08 Å². The van der Waals surface area contributed by atoms with Crippen LogP contribution in [-0.2, 0) is 6.42 Å². The van der Waals surface area contributed by atoms with E-state index in [9.17, 15) is 0 Å². The van der Waals surface area contributed by atoms with Crippen LogP contribution in [-0.4, -0.2) is 0 Å². The summed E-state index contributed by atoms with van der Waals surface area (Å²) >= 11 is 0. The number of hydrogen-bond donors (Lipinski definition) is 0. The molecule has 0 saturated carbocycles. The van der Waals surface area contributed by atoms with Gasteiger partial charge in [-0.2, -0.15) is 0 Å². The van der Waals surface area contributed by atoms with E-state index in [4.69, 9.17) is 0 Å². The fraction of sp³-hybridized carbons (Fsp3) is 0.429. The zero-order valence-electron chi connectivity index (χ0n) is 9.34. The number of unbranched alkanes of at least 4 members (excludes halogenated alkanes) is 2. The Hall–Kier alpha value is -1.04. The lowest BCUT2D eigenvalue weighted by molar-refractivity contribution is 0.715. The molecule has 0 saturated heterocycles. The molecule has 1 rings (SSSR count). The van der Waals surface area contributed by atoms with E-state index in [0.29, 0.717) is 0 Å². The van der Waals surface area contributed by atoms with Gasteiger partial charge < -0.3 is 0 Å². The lowest BCUT2D eigenvalue weighted by Crippen LogP contribution is -1.92. The molecular formula is C14H20. The van der Waals surface area contributed by atoms with Crippen LogP contribution >= 0.6 is 0 Å². The van der Waals surface area contributed by atoms with Crippen molar-refractivity contribution in [3.05, 3.63) is 41.5 Å². The Kier molecular flexibility index (Phi) is 4.45. The average molecular weight is 188 g/mol. The average Bonchev–Trinajstić information content (AvgIpc) is 2.21. The molecule has 1 aromatic rings. The van der Waals surface area contributed by atoms with Crippen molar-refractivity contribution in [1.82, 2.24) is 0 Å². The zero-order chi connectivity index (χ0) is 10.4. The van der Waals surface area contributed by atoms with Crippen molar-refractivity contribution >= 4 is 6.08 Å². The minimum atomic E-state index is 1.21. The first-order valence-corrected chi connectivity index (χ1v) is 5.50. The van der Waals surface area contributed by atoms with Gasteiger partial charge in [-0.25, -0.2) is 0 Å². The van der Waals surface area contributed by atoms with E-state index in [1.807, 2.05) is 6.08 Å². The van der Waals surface area contributed by atoms with Crippen LogP contribution in [0.15, 0.2) is 24.8 Å². The van der Waals surface area contributed by atoms with Crippen molar-refractivity contribution in [2.45, 2.75) is 39.5 Å². The summed E-state index contributed by atoms with van der Waals surface area (Å²) in [7, 11) is 0. The van der Waals surface area contributed by atoms with Gasteiger partial charge in [-0.1, -0.05) is 50.6 Å². The van der Waals surface area contributed by atoms with Gasteiger partial charge in [0.2, 0.25) is 0 Å². The maximum absolute atomic E-state index is 3.83. The Morgan fingerprint density at radius 3 is 2.71 bits per heavy atom. The van der Waals surface area contributed by atoms with Gasteiger partial charge in [-0.15, -0.1) is 0 Å². The highest BCUT2D eigenvalue weighted by Gasteiger charge is 2.00. The highest BCUT2D eigenvalue weighted by atomic mass is 14.1. The van der Waals surface area contributed by atoms with Gasteiger partial charge in [0.25, 0.3) is 0 Å².